The second-order valence-electron chi connectivity index (χ2n) is 5.24. The Kier molecular flexibility index (Phi) is 3.44. The Morgan fingerprint density at radius 1 is 1.19 bits per heavy atom. The lowest BCUT2D eigenvalue weighted by atomic mass is 9.80. The van der Waals surface area contributed by atoms with Crippen molar-refractivity contribution in [2.24, 2.45) is 11.8 Å². The molecule has 16 heavy (non-hydrogen) atoms. The number of hydrogen-bond acceptors (Lipinski definition) is 2. The number of halogens is 2. The van der Waals surface area contributed by atoms with E-state index in [4.69, 9.17) is 5.26 Å². The van der Waals surface area contributed by atoms with Crippen LogP contribution in [0.25, 0.3) is 0 Å². The zero-order valence-corrected chi connectivity index (χ0v) is 9.46. The maximum absolute atomic E-state index is 12.7. The number of rotatable bonds is 3. The summed E-state index contributed by atoms with van der Waals surface area (Å²) in [6, 6.07) is 2.21. The number of nitrogens with zero attached hydrogens (tertiary/aromatic N) is 2. The van der Waals surface area contributed by atoms with E-state index in [1.165, 1.54) is 0 Å². The molecule has 90 valence electrons. The molecule has 0 aromatic rings. The number of likely N-dealkylation sites (tertiary alicyclic amines) is 1. The Bertz CT molecular complexity index is 269. The molecular weight excluding hydrogens is 210 g/mol. The van der Waals surface area contributed by atoms with Crippen molar-refractivity contribution >= 4 is 0 Å². The highest BCUT2D eigenvalue weighted by molar-refractivity contribution is 4.89. The van der Waals surface area contributed by atoms with Crippen molar-refractivity contribution in [3.05, 3.63) is 0 Å². The Morgan fingerprint density at radius 2 is 1.81 bits per heavy atom. The lowest BCUT2D eigenvalue weighted by molar-refractivity contribution is -0.117. The van der Waals surface area contributed by atoms with Crippen molar-refractivity contribution in [3.63, 3.8) is 0 Å². The molecule has 1 aliphatic carbocycles. The monoisotopic (exact) mass is 228 g/mol. The highest BCUT2D eigenvalue weighted by Gasteiger charge is 2.45. The third kappa shape index (κ3) is 2.91. The molecule has 1 heterocycles. The van der Waals surface area contributed by atoms with Crippen molar-refractivity contribution in [1.29, 1.82) is 5.26 Å². The van der Waals surface area contributed by atoms with Gasteiger partial charge >= 0.3 is 0 Å². The van der Waals surface area contributed by atoms with Gasteiger partial charge in [-0.15, -0.1) is 0 Å². The van der Waals surface area contributed by atoms with Gasteiger partial charge in [0.15, 0.2) is 0 Å². The second-order valence-corrected chi connectivity index (χ2v) is 5.24. The van der Waals surface area contributed by atoms with Gasteiger partial charge in [0.2, 0.25) is 5.92 Å². The van der Waals surface area contributed by atoms with Crippen LogP contribution in [0.4, 0.5) is 8.78 Å². The first-order chi connectivity index (χ1) is 7.59. The molecule has 0 aromatic heterocycles. The van der Waals surface area contributed by atoms with Gasteiger partial charge in [-0.1, -0.05) is 0 Å². The number of nitriles is 1. The molecule has 0 amide bonds. The fraction of sp³-hybridized carbons (Fsp3) is 0.917. The summed E-state index contributed by atoms with van der Waals surface area (Å²) in [7, 11) is 0. The van der Waals surface area contributed by atoms with Gasteiger partial charge in [0.25, 0.3) is 0 Å². The van der Waals surface area contributed by atoms with Gasteiger partial charge in [-0.25, -0.2) is 8.78 Å². The Balaban J connectivity index is 1.65. The fourth-order valence-corrected chi connectivity index (χ4v) is 2.78. The van der Waals surface area contributed by atoms with Crippen LogP contribution in [0.15, 0.2) is 0 Å². The molecule has 0 aromatic carbocycles. The summed E-state index contributed by atoms with van der Waals surface area (Å²) >= 11 is 0. The molecule has 2 aliphatic rings. The molecule has 1 saturated carbocycles. The van der Waals surface area contributed by atoms with Crippen LogP contribution in [0.1, 0.15) is 32.1 Å². The highest BCUT2D eigenvalue weighted by Crippen LogP contribution is 2.42. The molecular formula is C12H18F2N2. The topological polar surface area (TPSA) is 27.0 Å². The predicted octanol–water partition coefficient (Wildman–Crippen LogP) is 2.66. The van der Waals surface area contributed by atoms with Gasteiger partial charge in [-0.3, -0.25) is 0 Å². The number of piperidine rings is 1. The van der Waals surface area contributed by atoms with E-state index in [-0.39, 0.29) is 18.8 Å². The van der Waals surface area contributed by atoms with Crippen LogP contribution in [0, 0.1) is 23.2 Å². The van der Waals surface area contributed by atoms with Crippen molar-refractivity contribution in [2.45, 2.75) is 38.0 Å². The molecule has 0 N–H and O–H groups in total. The molecule has 2 nitrogen and oxygen atoms in total. The van der Waals surface area contributed by atoms with Crippen LogP contribution in [0.2, 0.25) is 0 Å². The zero-order valence-electron chi connectivity index (χ0n) is 9.46. The molecule has 4 heteroatoms. The molecule has 0 atom stereocenters. The largest absolute Gasteiger partial charge is 0.303 e. The average Bonchev–Trinajstić information content (AvgIpc) is 2.18. The fourth-order valence-electron chi connectivity index (χ4n) is 2.78. The van der Waals surface area contributed by atoms with Gasteiger partial charge < -0.3 is 4.90 Å². The van der Waals surface area contributed by atoms with E-state index in [0.29, 0.717) is 12.3 Å². The second kappa shape index (κ2) is 4.67. The van der Waals surface area contributed by atoms with Crippen LogP contribution in [0.3, 0.4) is 0 Å². The summed E-state index contributed by atoms with van der Waals surface area (Å²) < 4.78 is 25.3. The standard InChI is InChI=1S/C12H18F2N2/c13-12(14)7-11(8-12)9-16-5-2-10(1-4-15)3-6-16/h10-11H,1-3,5-9H2. The van der Waals surface area contributed by atoms with Crippen molar-refractivity contribution in [1.82, 2.24) is 4.90 Å². The summed E-state index contributed by atoms with van der Waals surface area (Å²) in [5.41, 5.74) is 0. The minimum absolute atomic E-state index is 0.0745. The first-order valence-corrected chi connectivity index (χ1v) is 6.06. The van der Waals surface area contributed by atoms with E-state index in [0.717, 1.165) is 32.5 Å². The summed E-state index contributed by atoms with van der Waals surface area (Å²) in [5.74, 6) is -1.66. The Labute approximate surface area is 95.2 Å². The summed E-state index contributed by atoms with van der Waals surface area (Å²) in [5, 5.41) is 8.59. The number of alkyl halides is 2. The van der Waals surface area contributed by atoms with Crippen LogP contribution in [-0.2, 0) is 0 Å². The molecule has 2 rings (SSSR count). The summed E-state index contributed by atoms with van der Waals surface area (Å²) in [6.45, 7) is 2.79. The number of hydrogen-bond donors (Lipinski definition) is 0. The zero-order chi connectivity index (χ0) is 11.6. The molecule has 1 aliphatic heterocycles. The van der Waals surface area contributed by atoms with Crippen LogP contribution in [0.5, 0.6) is 0 Å². The van der Waals surface area contributed by atoms with E-state index >= 15 is 0 Å². The first kappa shape index (κ1) is 11.8. The lowest BCUT2D eigenvalue weighted by Crippen LogP contribution is -2.44. The molecule has 0 radical (unpaired) electrons. The van der Waals surface area contributed by atoms with Crippen LogP contribution >= 0.6 is 0 Å². The highest BCUT2D eigenvalue weighted by atomic mass is 19.3. The maximum atomic E-state index is 12.7. The van der Waals surface area contributed by atoms with Crippen molar-refractivity contribution in [3.8, 4) is 6.07 Å². The normalized spacial score (nSPS) is 27.3. The predicted molar refractivity (Wildman–Crippen MR) is 57.1 cm³/mol. The summed E-state index contributed by atoms with van der Waals surface area (Å²) in [6.07, 6.45) is 2.90. The molecule has 0 spiro atoms. The minimum atomic E-state index is -2.39. The van der Waals surface area contributed by atoms with E-state index in [1.807, 2.05) is 0 Å². The maximum Gasteiger partial charge on any atom is 0.248 e. The van der Waals surface area contributed by atoms with E-state index in [2.05, 4.69) is 11.0 Å². The van der Waals surface area contributed by atoms with Gasteiger partial charge in [0.05, 0.1) is 6.07 Å². The molecule has 0 unspecified atom stereocenters. The average molecular weight is 228 g/mol. The quantitative estimate of drug-likeness (QED) is 0.742. The molecule has 1 saturated heterocycles. The molecule has 0 bridgehead atoms. The Hall–Kier alpha value is -0.690. The van der Waals surface area contributed by atoms with Gasteiger partial charge in [0.1, 0.15) is 0 Å². The van der Waals surface area contributed by atoms with Crippen molar-refractivity contribution in [2.75, 3.05) is 19.6 Å². The summed E-state index contributed by atoms with van der Waals surface area (Å²) in [4.78, 5) is 2.29. The smallest absolute Gasteiger partial charge is 0.248 e. The van der Waals surface area contributed by atoms with Crippen molar-refractivity contribution < 1.29 is 8.78 Å². The first-order valence-electron chi connectivity index (χ1n) is 6.06. The van der Waals surface area contributed by atoms with Gasteiger partial charge in [-0.05, 0) is 37.8 Å². The third-order valence-electron chi connectivity index (χ3n) is 3.78. The SMILES string of the molecule is N#CCC1CCN(CC2CC(F)(F)C2)CC1. The van der Waals surface area contributed by atoms with Crippen LogP contribution in [-0.4, -0.2) is 30.5 Å². The van der Waals surface area contributed by atoms with E-state index in [9.17, 15) is 8.78 Å². The van der Waals surface area contributed by atoms with Gasteiger partial charge in [-0.2, -0.15) is 5.26 Å². The Morgan fingerprint density at radius 3 is 2.31 bits per heavy atom. The van der Waals surface area contributed by atoms with Gasteiger partial charge in [0, 0.05) is 25.8 Å². The third-order valence-corrected chi connectivity index (χ3v) is 3.78. The van der Waals surface area contributed by atoms with E-state index in [1.54, 1.807) is 0 Å². The lowest BCUT2D eigenvalue weighted by Gasteiger charge is -2.40. The molecule has 2 fully saturated rings. The van der Waals surface area contributed by atoms with E-state index < -0.39 is 5.92 Å². The minimum Gasteiger partial charge on any atom is -0.303 e. The van der Waals surface area contributed by atoms with Crippen LogP contribution < -0.4 is 0 Å².